The van der Waals surface area contributed by atoms with E-state index >= 15 is 0 Å². The van der Waals surface area contributed by atoms with Gasteiger partial charge in [0.05, 0.1) is 5.69 Å². The minimum absolute atomic E-state index is 0.729. The summed E-state index contributed by atoms with van der Waals surface area (Å²) in [5, 5.41) is 0.729. The molecule has 0 spiro atoms. The van der Waals surface area contributed by atoms with Crippen LogP contribution in [0.15, 0.2) is 18.5 Å². The van der Waals surface area contributed by atoms with Crippen molar-refractivity contribution in [3.63, 3.8) is 0 Å². The molecule has 2 aliphatic rings. The van der Waals surface area contributed by atoms with Crippen LogP contribution in [0.25, 0.3) is 0 Å². The third-order valence-electron chi connectivity index (χ3n) is 5.52. The van der Waals surface area contributed by atoms with E-state index < -0.39 is 0 Å². The molecule has 2 aromatic rings. The first kappa shape index (κ1) is 18.6. The molecule has 7 nitrogen and oxygen atoms in total. The van der Waals surface area contributed by atoms with Gasteiger partial charge in [-0.2, -0.15) is 0 Å². The fourth-order valence-electron chi connectivity index (χ4n) is 3.95. The van der Waals surface area contributed by atoms with E-state index in [1.807, 2.05) is 18.5 Å². The van der Waals surface area contributed by atoms with E-state index in [0.29, 0.717) is 0 Å². The topological polar surface area (TPSA) is 74.4 Å². The summed E-state index contributed by atoms with van der Waals surface area (Å²) in [6, 6.07) is 1.87. The van der Waals surface area contributed by atoms with Crippen molar-refractivity contribution in [2.75, 3.05) is 63.0 Å². The molecule has 1 saturated heterocycles. The first-order chi connectivity index (χ1) is 13.3. The van der Waals surface area contributed by atoms with E-state index in [-0.39, 0.29) is 0 Å². The van der Waals surface area contributed by atoms with Gasteiger partial charge in [-0.05, 0) is 38.4 Å². The molecule has 2 aromatic heterocycles. The van der Waals surface area contributed by atoms with Crippen LogP contribution in [-0.2, 0) is 12.8 Å². The second-order valence-corrected chi connectivity index (χ2v) is 8.46. The molecular formula is C19H29N7S. The number of fused-ring (bicyclic) bond motifs is 1. The zero-order valence-electron chi connectivity index (χ0n) is 15.9. The number of anilines is 2. The normalized spacial score (nSPS) is 19.0. The van der Waals surface area contributed by atoms with E-state index in [2.05, 4.69) is 29.7 Å². The highest BCUT2D eigenvalue weighted by Crippen LogP contribution is 2.24. The van der Waals surface area contributed by atoms with Crippen LogP contribution in [0.3, 0.4) is 0 Å². The van der Waals surface area contributed by atoms with E-state index in [9.17, 15) is 0 Å². The maximum Gasteiger partial charge on any atom is 0.225 e. The van der Waals surface area contributed by atoms with Crippen molar-refractivity contribution in [2.45, 2.75) is 25.7 Å². The lowest BCUT2D eigenvalue weighted by Gasteiger charge is -2.34. The van der Waals surface area contributed by atoms with Gasteiger partial charge in [0.15, 0.2) is 5.13 Å². The van der Waals surface area contributed by atoms with Crippen molar-refractivity contribution < 1.29 is 0 Å². The Labute approximate surface area is 165 Å². The molecule has 0 saturated carbocycles. The number of hydrogen-bond donors (Lipinski definition) is 1. The number of nitrogen functional groups attached to an aromatic ring is 1. The average molecular weight is 388 g/mol. The highest BCUT2D eigenvalue weighted by atomic mass is 32.1. The van der Waals surface area contributed by atoms with Gasteiger partial charge in [-0.1, -0.05) is 0 Å². The lowest BCUT2D eigenvalue weighted by atomic mass is 10.2. The molecule has 0 aliphatic carbocycles. The number of aromatic nitrogens is 3. The second kappa shape index (κ2) is 8.95. The van der Waals surface area contributed by atoms with Crippen LogP contribution < -0.4 is 10.6 Å². The molecule has 0 atom stereocenters. The maximum atomic E-state index is 5.83. The van der Waals surface area contributed by atoms with E-state index in [0.717, 1.165) is 63.2 Å². The van der Waals surface area contributed by atoms with Gasteiger partial charge in [-0.3, -0.25) is 4.90 Å². The van der Waals surface area contributed by atoms with Gasteiger partial charge in [0, 0.05) is 63.0 Å². The van der Waals surface area contributed by atoms with Crippen molar-refractivity contribution in [1.82, 2.24) is 24.8 Å². The minimum atomic E-state index is 0.729. The zero-order chi connectivity index (χ0) is 18.5. The van der Waals surface area contributed by atoms with Gasteiger partial charge in [0.1, 0.15) is 0 Å². The lowest BCUT2D eigenvalue weighted by Crippen LogP contribution is -2.47. The molecule has 4 heterocycles. The molecule has 27 heavy (non-hydrogen) atoms. The molecule has 4 rings (SSSR count). The SMILES string of the molecule is Nc1nc2c(s1)CCN(CCCCN1CCN(c3ncccn3)CC1)CC2. The van der Waals surface area contributed by atoms with Gasteiger partial charge in [0.25, 0.3) is 0 Å². The first-order valence-electron chi connectivity index (χ1n) is 9.98. The molecule has 0 bridgehead atoms. The summed E-state index contributed by atoms with van der Waals surface area (Å²) in [7, 11) is 0. The van der Waals surface area contributed by atoms with E-state index in [4.69, 9.17) is 5.73 Å². The number of nitrogens with two attached hydrogens (primary N) is 1. The Morgan fingerprint density at radius 2 is 1.56 bits per heavy atom. The van der Waals surface area contributed by atoms with Gasteiger partial charge in [-0.25, -0.2) is 15.0 Å². The number of nitrogens with zero attached hydrogens (tertiary/aromatic N) is 6. The van der Waals surface area contributed by atoms with Crippen molar-refractivity contribution >= 4 is 22.4 Å². The average Bonchev–Trinajstić information content (AvgIpc) is 2.97. The number of hydrogen-bond acceptors (Lipinski definition) is 8. The summed E-state index contributed by atoms with van der Waals surface area (Å²) in [5.74, 6) is 0.864. The quantitative estimate of drug-likeness (QED) is 0.753. The van der Waals surface area contributed by atoms with Crippen molar-refractivity contribution in [1.29, 1.82) is 0 Å². The van der Waals surface area contributed by atoms with Crippen LogP contribution in [0.5, 0.6) is 0 Å². The third-order valence-corrected chi connectivity index (χ3v) is 6.51. The monoisotopic (exact) mass is 387 g/mol. The van der Waals surface area contributed by atoms with Gasteiger partial charge in [-0.15, -0.1) is 11.3 Å². The molecule has 8 heteroatoms. The summed E-state index contributed by atoms with van der Waals surface area (Å²) in [6.45, 7) is 8.91. The smallest absolute Gasteiger partial charge is 0.225 e. The van der Waals surface area contributed by atoms with Crippen LogP contribution >= 0.6 is 11.3 Å². The summed E-state index contributed by atoms with van der Waals surface area (Å²) >= 11 is 1.67. The summed E-state index contributed by atoms with van der Waals surface area (Å²) in [4.78, 5) is 22.0. The van der Waals surface area contributed by atoms with E-state index in [1.165, 1.54) is 36.5 Å². The molecule has 0 aromatic carbocycles. The minimum Gasteiger partial charge on any atom is -0.375 e. The number of thiazole rings is 1. The van der Waals surface area contributed by atoms with Crippen LogP contribution in [0.2, 0.25) is 0 Å². The van der Waals surface area contributed by atoms with Crippen LogP contribution in [0.4, 0.5) is 11.1 Å². The molecule has 0 unspecified atom stereocenters. The maximum absolute atomic E-state index is 5.83. The Hall–Kier alpha value is -1.77. The standard InChI is InChI=1S/C19H29N7S/c20-18-23-16-4-10-24(11-5-17(16)27-18)8-1-2-9-25-12-14-26(15-13-25)19-21-6-3-7-22-19/h3,6-7H,1-2,4-5,8-15H2,(H2,20,23). The molecule has 0 radical (unpaired) electrons. The highest BCUT2D eigenvalue weighted by Gasteiger charge is 2.19. The number of unbranched alkanes of at least 4 members (excludes halogenated alkanes) is 1. The fraction of sp³-hybridized carbons (Fsp3) is 0.632. The van der Waals surface area contributed by atoms with Crippen LogP contribution in [0.1, 0.15) is 23.4 Å². The predicted octanol–water partition coefficient (Wildman–Crippen LogP) is 1.52. The van der Waals surface area contributed by atoms with Crippen molar-refractivity contribution in [3.8, 4) is 0 Å². The van der Waals surface area contributed by atoms with Gasteiger partial charge in [0.2, 0.25) is 5.95 Å². The highest BCUT2D eigenvalue weighted by molar-refractivity contribution is 7.15. The Morgan fingerprint density at radius 3 is 2.30 bits per heavy atom. The summed E-state index contributed by atoms with van der Waals surface area (Å²) in [6.07, 6.45) is 8.33. The van der Waals surface area contributed by atoms with E-state index in [1.54, 1.807) is 11.3 Å². The van der Waals surface area contributed by atoms with Gasteiger partial charge < -0.3 is 15.5 Å². The molecule has 146 valence electrons. The lowest BCUT2D eigenvalue weighted by molar-refractivity contribution is 0.235. The van der Waals surface area contributed by atoms with Crippen molar-refractivity contribution in [2.24, 2.45) is 0 Å². The first-order valence-corrected chi connectivity index (χ1v) is 10.8. The van der Waals surface area contributed by atoms with Gasteiger partial charge >= 0.3 is 0 Å². The zero-order valence-corrected chi connectivity index (χ0v) is 16.7. The Morgan fingerprint density at radius 1 is 0.889 bits per heavy atom. The van der Waals surface area contributed by atoms with Crippen LogP contribution in [0, 0.1) is 0 Å². The second-order valence-electron chi connectivity index (χ2n) is 7.35. The Kier molecular flexibility index (Phi) is 6.16. The number of rotatable bonds is 6. The predicted molar refractivity (Wildman–Crippen MR) is 110 cm³/mol. The third kappa shape index (κ3) is 4.94. The van der Waals surface area contributed by atoms with Crippen LogP contribution in [-0.4, -0.2) is 77.1 Å². The largest absolute Gasteiger partial charge is 0.375 e. The fourth-order valence-corrected chi connectivity index (χ4v) is 4.82. The Bertz CT molecular complexity index is 687. The molecular weight excluding hydrogens is 358 g/mol. The number of piperazine rings is 1. The molecule has 1 fully saturated rings. The molecule has 2 aliphatic heterocycles. The van der Waals surface area contributed by atoms with Crippen molar-refractivity contribution in [3.05, 3.63) is 29.0 Å². The summed E-state index contributed by atoms with van der Waals surface area (Å²) < 4.78 is 0. The Balaban J connectivity index is 1.12. The summed E-state index contributed by atoms with van der Waals surface area (Å²) in [5.41, 5.74) is 7.07. The molecule has 0 amide bonds. The molecule has 2 N–H and O–H groups in total.